The van der Waals surface area contributed by atoms with Gasteiger partial charge in [-0.05, 0) is 63.3 Å². The monoisotopic (exact) mass is 289 g/mol. The first kappa shape index (κ1) is 16.3. The Kier molecular flexibility index (Phi) is 5.63. The molecule has 0 aromatic carbocycles. The lowest BCUT2D eigenvalue weighted by Gasteiger charge is -2.30. The molecule has 1 aliphatic heterocycles. The second-order valence-corrected chi connectivity index (χ2v) is 6.90. The third kappa shape index (κ3) is 4.19. The highest BCUT2D eigenvalue weighted by atomic mass is 15.3. The van der Waals surface area contributed by atoms with E-state index in [-0.39, 0.29) is 0 Å². The predicted molar refractivity (Wildman–Crippen MR) is 90.8 cm³/mol. The maximum atomic E-state index is 4.81. The highest BCUT2D eigenvalue weighted by Crippen LogP contribution is 2.31. The van der Waals surface area contributed by atoms with Gasteiger partial charge in [0, 0.05) is 24.3 Å². The van der Waals surface area contributed by atoms with Gasteiger partial charge in [-0.3, -0.25) is 0 Å². The van der Waals surface area contributed by atoms with E-state index in [0.717, 1.165) is 18.8 Å². The van der Waals surface area contributed by atoms with Gasteiger partial charge in [0.2, 0.25) is 0 Å². The molecule has 3 heteroatoms. The van der Waals surface area contributed by atoms with Crippen LogP contribution in [0.5, 0.6) is 0 Å². The minimum atomic E-state index is 0.612. The minimum absolute atomic E-state index is 0.612. The van der Waals surface area contributed by atoms with Crippen molar-refractivity contribution in [1.82, 2.24) is 10.3 Å². The van der Waals surface area contributed by atoms with Crippen molar-refractivity contribution in [3.05, 3.63) is 23.4 Å². The van der Waals surface area contributed by atoms with Crippen molar-refractivity contribution in [3.8, 4) is 0 Å². The molecule has 21 heavy (non-hydrogen) atoms. The maximum Gasteiger partial charge on any atom is 0.129 e. The molecule has 2 atom stereocenters. The van der Waals surface area contributed by atoms with Gasteiger partial charge in [-0.25, -0.2) is 4.98 Å². The number of aromatic nitrogens is 1. The first-order valence-electron chi connectivity index (χ1n) is 8.47. The summed E-state index contributed by atoms with van der Waals surface area (Å²) < 4.78 is 0. The maximum absolute atomic E-state index is 4.81. The molecule has 3 nitrogen and oxygen atoms in total. The fourth-order valence-electron chi connectivity index (χ4n) is 3.35. The normalized spacial score (nSPS) is 22.3. The van der Waals surface area contributed by atoms with Crippen LogP contribution in [0.25, 0.3) is 0 Å². The third-order valence-electron chi connectivity index (χ3n) is 4.40. The van der Waals surface area contributed by atoms with Crippen molar-refractivity contribution >= 4 is 5.82 Å². The number of hydrogen-bond acceptors (Lipinski definition) is 3. The minimum Gasteiger partial charge on any atom is -0.351 e. The van der Waals surface area contributed by atoms with Crippen molar-refractivity contribution < 1.29 is 0 Å². The average Bonchev–Trinajstić information content (AvgIpc) is 2.78. The Morgan fingerprint density at radius 1 is 1.33 bits per heavy atom. The van der Waals surface area contributed by atoms with E-state index in [0.29, 0.717) is 18.0 Å². The molecule has 1 aliphatic rings. The quantitative estimate of drug-likeness (QED) is 0.861. The lowest BCUT2D eigenvalue weighted by atomic mass is 10.1. The number of nitrogens with one attached hydrogen (secondary N) is 1. The third-order valence-corrected chi connectivity index (χ3v) is 4.40. The number of rotatable bonds is 6. The molecule has 1 aromatic rings. The van der Waals surface area contributed by atoms with Crippen molar-refractivity contribution in [3.63, 3.8) is 0 Å². The lowest BCUT2D eigenvalue weighted by molar-refractivity contribution is 0.551. The highest BCUT2D eigenvalue weighted by molar-refractivity contribution is 5.46. The molecule has 118 valence electrons. The molecule has 2 heterocycles. The lowest BCUT2D eigenvalue weighted by Crippen LogP contribution is -2.35. The summed E-state index contributed by atoms with van der Waals surface area (Å²) in [7, 11) is 0. The Balaban J connectivity index is 2.14. The summed E-state index contributed by atoms with van der Waals surface area (Å²) in [5.41, 5.74) is 2.48. The van der Waals surface area contributed by atoms with Crippen LogP contribution in [0.1, 0.15) is 58.2 Å². The van der Waals surface area contributed by atoms with Gasteiger partial charge in [0.1, 0.15) is 5.82 Å². The van der Waals surface area contributed by atoms with E-state index >= 15 is 0 Å². The number of aryl methyl sites for hydroxylation is 1. The second-order valence-electron chi connectivity index (χ2n) is 6.90. The molecule has 1 fully saturated rings. The molecule has 2 rings (SSSR count). The number of hydrogen-bond donors (Lipinski definition) is 1. The van der Waals surface area contributed by atoms with E-state index in [1.165, 1.54) is 30.6 Å². The molecule has 2 unspecified atom stereocenters. The summed E-state index contributed by atoms with van der Waals surface area (Å²) in [6.07, 6.45) is 3.80. The average molecular weight is 289 g/mol. The predicted octanol–water partition coefficient (Wildman–Crippen LogP) is 3.90. The Morgan fingerprint density at radius 3 is 2.76 bits per heavy atom. The van der Waals surface area contributed by atoms with Gasteiger partial charge in [-0.2, -0.15) is 0 Å². The Bertz CT molecular complexity index is 456. The first-order valence-corrected chi connectivity index (χ1v) is 8.47. The van der Waals surface area contributed by atoms with E-state index < -0.39 is 0 Å². The van der Waals surface area contributed by atoms with Gasteiger partial charge in [-0.15, -0.1) is 0 Å². The van der Waals surface area contributed by atoms with Crippen LogP contribution in [0.4, 0.5) is 5.82 Å². The SMILES string of the molecule is CCC1CCC(C)N1c1cc(CNCC(C)C)cc(C)n1. The number of anilines is 1. The Hall–Kier alpha value is -1.09. The van der Waals surface area contributed by atoms with Crippen molar-refractivity contribution in [2.24, 2.45) is 5.92 Å². The van der Waals surface area contributed by atoms with Crippen LogP contribution in [0, 0.1) is 12.8 Å². The first-order chi connectivity index (χ1) is 10.0. The van der Waals surface area contributed by atoms with Crippen LogP contribution >= 0.6 is 0 Å². The molecule has 0 amide bonds. The van der Waals surface area contributed by atoms with E-state index in [9.17, 15) is 0 Å². The summed E-state index contributed by atoms with van der Waals surface area (Å²) in [5, 5.41) is 3.54. The zero-order chi connectivity index (χ0) is 15.4. The van der Waals surface area contributed by atoms with Crippen LogP contribution < -0.4 is 10.2 Å². The molecule has 0 bridgehead atoms. The molecule has 1 aromatic heterocycles. The Morgan fingerprint density at radius 2 is 2.10 bits per heavy atom. The van der Waals surface area contributed by atoms with E-state index in [1.54, 1.807) is 0 Å². The highest BCUT2D eigenvalue weighted by Gasteiger charge is 2.30. The molecule has 0 radical (unpaired) electrons. The molecular weight excluding hydrogens is 258 g/mol. The van der Waals surface area contributed by atoms with E-state index in [1.807, 2.05) is 0 Å². The van der Waals surface area contributed by atoms with E-state index in [4.69, 9.17) is 4.98 Å². The van der Waals surface area contributed by atoms with Gasteiger partial charge in [0.25, 0.3) is 0 Å². The van der Waals surface area contributed by atoms with Gasteiger partial charge in [0.15, 0.2) is 0 Å². The fraction of sp³-hybridized carbons (Fsp3) is 0.722. The standard InChI is InChI=1S/C18H31N3/c1-6-17-8-7-15(5)21(17)18-10-16(9-14(4)20-18)12-19-11-13(2)3/h9-10,13,15,17,19H,6-8,11-12H2,1-5H3. The summed E-state index contributed by atoms with van der Waals surface area (Å²) in [4.78, 5) is 7.35. The summed E-state index contributed by atoms with van der Waals surface area (Å²) >= 11 is 0. The zero-order valence-corrected chi connectivity index (χ0v) is 14.3. The fourth-order valence-corrected chi connectivity index (χ4v) is 3.35. The van der Waals surface area contributed by atoms with Gasteiger partial charge in [-0.1, -0.05) is 20.8 Å². The number of nitrogens with zero attached hydrogens (tertiary/aromatic N) is 2. The number of pyridine rings is 1. The van der Waals surface area contributed by atoms with Gasteiger partial charge in [0.05, 0.1) is 0 Å². The molecular formula is C18H31N3. The van der Waals surface area contributed by atoms with Crippen molar-refractivity contribution in [1.29, 1.82) is 0 Å². The molecule has 0 saturated carbocycles. The van der Waals surface area contributed by atoms with Crippen LogP contribution in [0.2, 0.25) is 0 Å². The van der Waals surface area contributed by atoms with Crippen LogP contribution in [-0.4, -0.2) is 23.6 Å². The van der Waals surface area contributed by atoms with Gasteiger partial charge >= 0.3 is 0 Å². The van der Waals surface area contributed by atoms with Crippen LogP contribution in [-0.2, 0) is 6.54 Å². The molecule has 0 spiro atoms. The zero-order valence-electron chi connectivity index (χ0n) is 14.3. The molecule has 1 N–H and O–H groups in total. The molecule has 0 aliphatic carbocycles. The largest absolute Gasteiger partial charge is 0.351 e. The molecule has 1 saturated heterocycles. The van der Waals surface area contributed by atoms with Gasteiger partial charge < -0.3 is 10.2 Å². The summed E-state index contributed by atoms with van der Waals surface area (Å²) in [5.74, 6) is 1.86. The van der Waals surface area contributed by atoms with Crippen molar-refractivity contribution in [2.75, 3.05) is 11.4 Å². The van der Waals surface area contributed by atoms with Crippen LogP contribution in [0.3, 0.4) is 0 Å². The second kappa shape index (κ2) is 7.26. The van der Waals surface area contributed by atoms with E-state index in [2.05, 4.69) is 57.0 Å². The Labute approximate surface area is 130 Å². The topological polar surface area (TPSA) is 28.2 Å². The van der Waals surface area contributed by atoms with Crippen LogP contribution in [0.15, 0.2) is 12.1 Å². The van der Waals surface area contributed by atoms with Crippen molar-refractivity contribution in [2.45, 2.75) is 72.5 Å². The smallest absolute Gasteiger partial charge is 0.129 e. The summed E-state index contributed by atoms with van der Waals surface area (Å²) in [6, 6.07) is 5.76. The summed E-state index contributed by atoms with van der Waals surface area (Å²) in [6.45, 7) is 13.2.